The highest BCUT2D eigenvalue weighted by molar-refractivity contribution is 6.06. The van der Waals surface area contributed by atoms with Crippen LogP contribution in [0.4, 0.5) is 15.8 Å². The average molecular weight is 364 g/mol. The maximum Gasteiger partial charge on any atom is 0.259 e. The van der Waals surface area contributed by atoms with Gasteiger partial charge >= 0.3 is 0 Å². The molecule has 2 N–H and O–H groups in total. The Labute approximate surface area is 157 Å². The smallest absolute Gasteiger partial charge is 0.259 e. The Bertz CT molecular complexity index is 1010. The third-order valence-corrected chi connectivity index (χ3v) is 4.79. The number of rotatable bonds is 5. The van der Waals surface area contributed by atoms with Crippen molar-refractivity contribution >= 4 is 17.3 Å². The molecule has 0 radical (unpaired) electrons. The highest BCUT2D eigenvalue weighted by Gasteiger charge is 2.24. The lowest BCUT2D eigenvalue weighted by molar-refractivity contribution is 0.102. The molecule has 1 saturated carbocycles. The molecule has 0 bridgehead atoms. The van der Waals surface area contributed by atoms with Crippen molar-refractivity contribution in [1.29, 1.82) is 0 Å². The fraction of sp³-hybridized carbons (Fsp3) is 0.238. The van der Waals surface area contributed by atoms with E-state index < -0.39 is 5.82 Å². The molecule has 1 amide bonds. The molecule has 27 heavy (non-hydrogen) atoms. The standard InChI is InChI=1S/C21H21FN4O/c1-13-6-3-4-9-19(13)26-14(2)16(12-23-26)21(27)25-20-17(22)7-5-8-18(20)24-15-10-11-15/h3-9,12,15,24H,10-11H2,1-2H3,(H,25,27). The van der Waals surface area contributed by atoms with E-state index in [1.54, 1.807) is 16.8 Å². The van der Waals surface area contributed by atoms with Crippen LogP contribution in [0.3, 0.4) is 0 Å². The molecule has 1 aliphatic carbocycles. The van der Waals surface area contributed by atoms with E-state index in [9.17, 15) is 9.18 Å². The van der Waals surface area contributed by atoms with Crippen molar-refractivity contribution in [1.82, 2.24) is 9.78 Å². The molecular formula is C21H21FN4O. The third-order valence-electron chi connectivity index (χ3n) is 4.79. The zero-order valence-corrected chi connectivity index (χ0v) is 15.3. The van der Waals surface area contributed by atoms with Gasteiger partial charge in [-0.1, -0.05) is 24.3 Å². The average Bonchev–Trinajstić information content (AvgIpc) is 3.38. The van der Waals surface area contributed by atoms with Crippen molar-refractivity contribution < 1.29 is 9.18 Å². The van der Waals surface area contributed by atoms with Crippen LogP contribution >= 0.6 is 0 Å². The Morgan fingerprint density at radius 1 is 1.15 bits per heavy atom. The number of anilines is 2. The fourth-order valence-corrected chi connectivity index (χ4v) is 3.08. The first-order valence-electron chi connectivity index (χ1n) is 9.01. The highest BCUT2D eigenvalue weighted by atomic mass is 19.1. The molecule has 3 aromatic rings. The molecule has 6 heteroatoms. The van der Waals surface area contributed by atoms with E-state index in [0.29, 0.717) is 23.0 Å². The molecule has 1 fully saturated rings. The number of nitrogens with zero attached hydrogens (tertiary/aromatic N) is 2. The van der Waals surface area contributed by atoms with Gasteiger partial charge in [-0.3, -0.25) is 4.79 Å². The van der Waals surface area contributed by atoms with Crippen LogP contribution in [0, 0.1) is 19.7 Å². The van der Waals surface area contributed by atoms with E-state index in [1.165, 1.54) is 12.3 Å². The van der Waals surface area contributed by atoms with Crippen molar-refractivity contribution in [3.63, 3.8) is 0 Å². The zero-order chi connectivity index (χ0) is 19.0. The summed E-state index contributed by atoms with van der Waals surface area (Å²) in [5.74, 6) is -0.839. The summed E-state index contributed by atoms with van der Waals surface area (Å²) >= 11 is 0. The van der Waals surface area contributed by atoms with E-state index >= 15 is 0 Å². The van der Waals surface area contributed by atoms with Gasteiger partial charge in [-0.25, -0.2) is 9.07 Å². The van der Waals surface area contributed by atoms with Gasteiger partial charge in [0, 0.05) is 6.04 Å². The van der Waals surface area contributed by atoms with Crippen LogP contribution in [0.25, 0.3) is 5.69 Å². The van der Waals surface area contributed by atoms with Crippen LogP contribution in [0.1, 0.15) is 34.5 Å². The summed E-state index contributed by atoms with van der Waals surface area (Å²) in [4.78, 5) is 12.8. The molecule has 4 rings (SSSR count). The first-order chi connectivity index (χ1) is 13.0. The molecule has 1 aromatic heterocycles. The van der Waals surface area contributed by atoms with E-state index in [0.717, 1.165) is 24.1 Å². The summed E-state index contributed by atoms with van der Waals surface area (Å²) in [6, 6.07) is 12.9. The molecule has 5 nitrogen and oxygen atoms in total. The maximum atomic E-state index is 14.3. The van der Waals surface area contributed by atoms with Gasteiger partial charge in [0.2, 0.25) is 0 Å². The van der Waals surface area contributed by atoms with Crippen LogP contribution in [-0.2, 0) is 0 Å². The zero-order valence-electron chi connectivity index (χ0n) is 15.3. The highest BCUT2D eigenvalue weighted by Crippen LogP contribution is 2.31. The second-order valence-electron chi connectivity index (χ2n) is 6.88. The topological polar surface area (TPSA) is 59.0 Å². The Morgan fingerprint density at radius 3 is 2.67 bits per heavy atom. The number of hydrogen-bond acceptors (Lipinski definition) is 3. The first-order valence-corrected chi connectivity index (χ1v) is 9.01. The summed E-state index contributed by atoms with van der Waals surface area (Å²) in [5.41, 5.74) is 3.87. The van der Waals surface area contributed by atoms with Gasteiger partial charge in [0.15, 0.2) is 0 Å². The second-order valence-corrected chi connectivity index (χ2v) is 6.88. The molecule has 0 aliphatic heterocycles. The lowest BCUT2D eigenvalue weighted by Crippen LogP contribution is -2.16. The normalized spacial score (nSPS) is 13.4. The number of aryl methyl sites for hydroxylation is 1. The quantitative estimate of drug-likeness (QED) is 0.703. The van der Waals surface area contributed by atoms with Crippen molar-refractivity contribution in [2.24, 2.45) is 0 Å². The van der Waals surface area contributed by atoms with E-state index in [-0.39, 0.29) is 11.6 Å². The van der Waals surface area contributed by atoms with Crippen LogP contribution < -0.4 is 10.6 Å². The van der Waals surface area contributed by atoms with Crippen LogP contribution in [0.2, 0.25) is 0 Å². The van der Waals surface area contributed by atoms with E-state index in [2.05, 4.69) is 15.7 Å². The van der Waals surface area contributed by atoms with Gasteiger partial charge < -0.3 is 10.6 Å². The van der Waals surface area contributed by atoms with Crippen molar-refractivity contribution in [2.45, 2.75) is 32.7 Å². The summed E-state index contributed by atoms with van der Waals surface area (Å²) in [6.45, 7) is 3.82. The van der Waals surface area contributed by atoms with Crippen molar-refractivity contribution in [3.8, 4) is 5.69 Å². The predicted octanol–water partition coefficient (Wildman–Crippen LogP) is 4.45. The summed E-state index contributed by atoms with van der Waals surface area (Å²) in [7, 11) is 0. The van der Waals surface area contributed by atoms with E-state index in [4.69, 9.17) is 0 Å². The number of halogens is 1. The number of aromatic nitrogens is 2. The lowest BCUT2D eigenvalue weighted by Gasteiger charge is -2.13. The van der Waals surface area contributed by atoms with Crippen LogP contribution in [-0.4, -0.2) is 21.7 Å². The summed E-state index contributed by atoms with van der Waals surface area (Å²) in [6.07, 6.45) is 3.64. The molecule has 2 aromatic carbocycles. The minimum Gasteiger partial charge on any atom is -0.381 e. The monoisotopic (exact) mass is 364 g/mol. The largest absolute Gasteiger partial charge is 0.381 e. The number of carbonyl (C=O) groups is 1. The molecule has 1 heterocycles. The molecule has 0 unspecified atom stereocenters. The van der Waals surface area contributed by atoms with Crippen LogP contribution in [0.5, 0.6) is 0 Å². The fourth-order valence-electron chi connectivity index (χ4n) is 3.08. The first kappa shape index (κ1) is 17.3. The minimum absolute atomic E-state index is 0.178. The number of hydrogen-bond donors (Lipinski definition) is 2. The SMILES string of the molecule is Cc1ccccc1-n1ncc(C(=O)Nc2c(F)cccc2NC2CC2)c1C. The molecule has 0 spiro atoms. The Balaban J connectivity index is 1.63. The molecular weight excluding hydrogens is 343 g/mol. The third kappa shape index (κ3) is 3.43. The molecule has 1 aliphatic rings. The number of benzene rings is 2. The number of nitrogens with one attached hydrogen (secondary N) is 2. The Hall–Kier alpha value is -3.15. The van der Waals surface area contributed by atoms with Gasteiger partial charge in [-0.15, -0.1) is 0 Å². The number of para-hydroxylation sites is 2. The van der Waals surface area contributed by atoms with Crippen LogP contribution in [0.15, 0.2) is 48.7 Å². The molecule has 138 valence electrons. The van der Waals surface area contributed by atoms with E-state index in [1.807, 2.05) is 38.1 Å². The Kier molecular flexibility index (Phi) is 4.39. The van der Waals surface area contributed by atoms with Gasteiger partial charge in [0.1, 0.15) is 11.5 Å². The van der Waals surface area contributed by atoms with Gasteiger partial charge in [-0.2, -0.15) is 5.10 Å². The number of carbonyl (C=O) groups excluding carboxylic acids is 1. The number of amides is 1. The minimum atomic E-state index is -0.460. The molecule has 0 saturated heterocycles. The predicted molar refractivity (Wildman–Crippen MR) is 104 cm³/mol. The lowest BCUT2D eigenvalue weighted by atomic mass is 10.2. The molecule has 0 atom stereocenters. The van der Waals surface area contributed by atoms with Crippen molar-refractivity contribution in [2.75, 3.05) is 10.6 Å². The van der Waals surface area contributed by atoms with Gasteiger partial charge in [0.05, 0.1) is 28.8 Å². The second kappa shape index (κ2) is 6.87. The van der Waals surface area contributed by atoms with Gasteiger partial charge in [0.25, 0.3) is 5.91 Å². The Morgan fingerprint density at radius 2 is 1.93 bits per heavy atom. The van der Waals surface area contributed by atoms with Crippen molar-refractivity contribution in [3.05, 3.63) is 71.3 Å². The summed E-state index contributed by atoms with van der Waals surface area (Å²) in [5, 5.41) is 10.3. The van der Waals surface area contributed by atoms with Gasteiger partial charge in [-0.05, 0) is 50.5 Å². The maximum absolute atomic E-state index is 14.3. The summed E-state index contributed by atoms with van der Waals surface area (Å²) < 4.78 is 16.1.